The van der Waals surface area contributed by atoms with Gasteiger partial charge in [0.25, 0.3) is 0 Å². The molecule has 25 heavy (non-hydrogen) atoms. The molecule has 0 fully saturated rings. The van der Waals surface area contributed by atoms with Gasteiger partial charge in [0.05, 0.1) is 29.8 Å². The van der Waals surface area contributed by atoms with Crippen LogP contribution in [0.3, 0.4) is 0 Å². The van der Waals surface area contributed by atoms with Gasteiger partial charge in [-0.05, 0) is 30.4 Å². The van der Waals surface area contributed by atoms with Crippen molar-refractivity contribution in [3.8, 4) is 11.5 Å². The minimum absolute atomic E-state index is 0.0245. The van der Waals surface area contributed by atoms with E-state index in [2.05, 4.69) is 11.4 Å². The maximum atomic E-state index is 12.9. The summed E-state index contributed by atoms with van der Waals surface area (Å²) < 4.78 is 11.3. The lowest BCUT2D eigenvalue weighted by Crippen LogP contribution is -2.24. The maximum Gasteiger partial charge on any atom is 0.231 e. The molecule has 0 spiro atoms. The van der Waals surface area contributed by atoms with Crippen LogP contribution in [0.4, 0.5) is 5.69 Å². The minimum Gasteiger partial charge on any atom is -0.490 e. The summed E-state index contributed by atoms with van der Waals surface area (Å²) in [5.74, 6) is 1.09. The van der Waals surface area contributed by atoms with Crippen LogP contribution in [0.15, 0.2) is 36.4 Å². The first-order chi connectivity index (χ1) is 12.2. The van der Waals surface area contributed by atoms with Crippen molar-refractivity contribution in [2.45, 2.75) is 31.6 Å². The summed E-state index contributed by atoms with van der Waals surface area (Å²) in [4.78, 5) is 12.9. The number of nitrogens with one attached hydrogen (secondary N) is 1. The van der Waals surface area contributed by atoms with Gasteiger partial charge in [0, 0.05) is 18.6 Å². The van der Waals surface area contributed by atoms with E-state index in [1.807, 2.05) is 18.2 Å². The summed E-state index contributed by atoms with van der Waals surface area (Å²) in [5.41, 5.74) is 2.95. The molecule has 0 saturated heterocycles. The third-order valence-electron chi connectivity index (χ3n) is 4.78. The molecule has 0 aromatic heterocycles. The maximum absolute atomic E-state index is 12.9. The van der Waals surface area contributed by atoms with Gasteiger partial charge < -0.3 is 14.8 Å². The van der Waals surface area contributed by atoms with Gasteiger partial charge in [-0.1, -0.05) is 35.9 Å². The van der Waals surface area contributed by atoms with E-state index < -0.39 is 0 Å². The van der Waals surface area contributed by atoms with Gasteiger partial charge in [0.1, 0.15) is 0 Å². The van der Waals surface area contributed by atoms with E-state index in [0.717, 1.165) is 31.2 Å². The highest BCUT2D eigenvalue weighted by molar-refractivity contribution is 6.34. The third kappa shape index (κ3) is 3.31. The first-order valence-corrected chi connectivity index (χ1v) is 9.08. The molecule has 4 rings (SSSR count). The van der Waals surface area contributed by atoms with Gasteiger partial charge >= 0.3 is 0 Å². The molecule has 5 heteroatoms. The van der Waals surface area contributed by atoms with Gasteiger partial charge in [-0.3, -0.25) is 4.79 Å². The van der Waals surface area contributed by atoms with Crippen LogP contribution in [0, 0.1) is 0 Å². The lowest BCUT2D eigenvalue weighted by atomic mass is 9.82. The van der Waals surface area contributed by atoms with Gasteiger partial charge in [-0.25, -0.2) is 0 Å². The van der Waals surface area contributed by atoms with Crippen LogP contribution in [0.1, 0.15) is 36.3 Å². The Kier molecular flexibility index (Phi) is 4.53. The summed E-state index contributed by atoms with van der Waals surface area (Å²) in [5, 5.41) is 3.44. The van der Waals surface area contributed by atoms with E-state index in [4.69, 9.17) is 21.1 Å². The molecule has 1 amide bonds. The van der Waals surface area contributed by atoms with Crippen molar-refractivity contribution < 1.29 is 14.3 Å². The SMILES string of the molecule is O=C(Nc1cc2c(cc1Cl)OCCCO2)[C@H]1CCCc2ccccc21. The second-order valence-electron chi connectivity index (χ2n) is 6.46. The molecule has 0 unspecified atom stereocenters. The fourth-order valence-corrected chi connectivity index (χ4v) is 3.73. The number of ether oxygens (including phenoxy) is 2. The van der Waals surface area contributed by atoms with Crippen molar-refractivity contribution in [1.82, 2.24) is 0 Å². The second kappa shape index (κ2) is 6.96. The molecule has 2 aliphatic rings. The lowest BCUT2D eigenvalue weighted by Gasteiger charge is -2.25. The number of rotatable bonds is 2. The van der Waals surface area contributed by atoms with Crippen LogP contribution in [0.25, 0.3) is 0 Å². The molecule has 1 aliphatic heterocycles. The van der Waals surface area contributed by atoms with Crippen molar-refractivity contribution in [2.75, 3.05) is 18.5 Å². The van der Waals surface area contributed by atoms with Crippen LogP contribution in [0.2, 0.25) is 5.02 Å². The molecule has 4 nitrogen and oxygen atoms in total. The summed E-state index contributed by atoms with van der Waals surface area (Å²) in [7, 11) is 0. The summed E-state index contributed by atoms with van der Waals surface area (Å²) >= 11 is 6.35. The Morgan fingerprint density at radius 2 is 1.84 bits per heavy atom. The number of carbonyl (C=O) groups is 1. The number of amides is 1. The molecule has 0 radical (unpaired) electrons. The number of anilines is 1. The van der Waals surface area contributed by atoms with Crippen molar-refractivity contribution in [1.29, 1.82) is 0 Å². The lowest BCUT2D eigenvalue weighted by molar-refractivity contribution is -0.117. The van der Waals surface area contributed by atoms with Crippen LogP contribution in [0.5, 0.6) is 11.5 Å². The highest BCUT2D eigenvalue weighted by Gasteiger charge is 2.27. The minimum atomic E-state index is -0.142. The Labute approximate surface area is 152 Å². The molecule has 1 aliphatic carbocycles. The molecule has 1 N–H and O–H groups in total. The first kappa shape index (κ1) is 16.3. The molecule has 2 aromatic carbocycles. The van der Waals surface area contributed by atoms with E-state index in [1.165, 1.54) is 5.56 Å². The van der Waals surface area contributed by atoms with E-state index in [0.29, 0.717) is 35.4 Å². The number of benzene rings is 2. The number of aryl methyl sites for hydroxylation is 1. The highest BCUT2D eigenvalue weighted by atomic mass is 35.5. The first-order valence-electron chi connectivity index (χ1n) is 8.70. The fraction of sp³-hybridized carbons (Fsp3) is 0.350. The van der Waals surface area contributed by atoms with Crippen LogP contribution in [-0.4, -0.2) is 19.1 Å². The van der Waals surface area contributed by atoms with E-state index >= 15 is 0 Å². The van der Waals surface area contributed by atoms with Gasteiger partial charge in [0.2, 0.25) is 5.91 Å². The molecule has 130 valence electrons. The number of hydrogen-bond acceptors (Lipinski definition) is 3. The smallest absolute Gasteiger partial charge is 0.231 e. The fourth-order valence-electron chi connectivity index (χ4n) is 3.53. The highest BCUT2D eigenvalue weighted by Crippen LogP contribution is 2.39. The quantitative estimate of drug-likeness (QED) is 0.857. The molecule has 0 saturated carbocycles. The van der Waals surface area contributed by atoms with Crippen LogP contribution < -0.4 is 14.8 Å². The van der Waals surface area contributed by atoms with Gasteiger partial charge in [0.15, 0.2) is 11.5 Å². The summed E-state index contributed by atoms with van der Waals surface area (Å²) in [6.45, 7) is 1.20. The largest absolute Gasteiger partial charge is 0.490 e. The zero-order chi connectivity index (χ0) is 17.2. The zero-order valence-corrected chi connectivity index (χ0v) is 14.6. The Morgan fingerprint density at radius 1 is 1.08 bits per heavy atom. The number of halogens is 1. The topological polar surface area (TPSA) is 47.6 Å². The summed E-state index contributed by atoms with van der Waals surface area (Å²) in [6, 6.07) is 11.6. The van der Waals surface area contributed by atoms with E-state index in [9.17, 15) is 4.79 Å². The van der Waals surface area contributed by atoms with Gasteiger partial charge in [-0.15, -0.1) is 0 Å². The van der Waals surface area contributed by atoms with E-state index in [-0.39, 0.29) is 11.8 Å². The monoisotopic (exact) mass is 357 g/mol. The predicted octanol–water partition coefficient (Wildman–Crippen LogP) is 4.56. The van der Waals surface area contributed by atoms with Crippen molar-refractivity contribution >= 4 is 23.2 Å². The Balaban J connectivity index is 1.59. The Hall–Kier alpha value is -2.20. The van der Waals surface area contributed by atoms with Crippen molar-refractivity contribution in [3.05, 3.63) is 52.5 Å². The molecule has 1 atom stereocenters. The molecule has 2 aromatic rings. The average molecular weight is 358 g/mol. The standard InChI is InChI=1S/C20H20ClNO3/c21-16-11-18-19(25-10-4-9-24-18)12-17(16)22-20(23)15-8-3-6-13-5-1-2-7-14(13)15/h1-2,5,7,11-12,15H,3-4,6,8-10H2,(H,22,23)/t15-/m0/s1. The van der Waals surface area contributed by atoms with Crippen molar-refractivity contribution in [3.63, 3.8) is 0 Å². The number of hydrogen-bond donors (Lipinski definition) is 1. The predicted molar refractivity (Wildman–Crippen MR) is 97.8 cm³/mol. The van der Waals surface area contributed by atoms with Gasteiger partial charge in [-0.2, -0.15) is 0 Å². The Bertz CT molecular complexity index is 806. The zero-order valence-electron chi connectivity index (χ0n) is 13.9. The number of fused-ring (bicyclic) bond motifs is 2. The Morgan fingerprint density at radius 3 is 2.68 bits per heavy atom. The normalized spacial score (nSPS) is 18.8. The van der Waals surface area contributed by atoms with Crippen molar-refractivity contribution in [2.24, 2.45) is 0 Å². The molecular weight excluding hydrogens is 338 g/mol. The summed E-state index contributed by atoms with van der Waals surface area (Å²) in [6.07, 6.45) is 3.73. The average Bonchev–Trinajstić information content (AvgIpc) is 2.86. The molecule has 1 heterocycles. The second-order valence-corrected chi connectivity index (χ2v) is 6.87. The molecular formula is C20H20ClNO3. The van der Waals surface area contributed by atoms with Crippen LogP contribution in [-0.2, 0) is 11.2 Å². The third-order valence-corrected chi connectivity index (χ3v) is 5.09. The number of carbonyl (C=O) groups excluding carboxylic acids is 1. The molecule has 0 bridgehead atoms. The van der Waals surface area contributed by atoms with Crippen LogP contribution >= 0.6 is 11.6 Å². The van der Waals surface area contributed by atoms with E-state index in [1.54, 1.807) is 12.1 Å².